The van der Waals surface area contributed by atoms with E-state index in [4.69, 9.17) is 4.74 Å². The van der Waals surface area contributed by atoms with Crippen LogP contribution in [-0.2, 0) is 16.2 Å². The van der Waals surface area contributed by atoms with Gasteiger partial charge < -0.3 is 9.84 Å². The number of carbonyl (C=O) groups excluding carboxylic acids is 2. The summed E-state index contributed by atoms with van der Waals surface area (Å²) in [6.07, 6.45) is 0.217. The number of aliphatic hydroxyl groups is 1. The predicted molar refractivity (Wildman–Crippen MR) is 117 cm³/mol. The van der Waals surface area contributed by atoms with Gasteiger partial charge in [0.1, 0.15) is 18.4 Å². The molecule has 4 rings (SSSR count). The highest BCUT2D eigenvalue weighted by molar-refractivity contribution is 7.10. The van der Waals surface area contributed by atoms with Gasteiger partial charge in [-0.15, -0.1) is 11.3 Å². The van der Waals surface area contributed by atoms with Crippen molar-refractivity contribution in [3.8, 4) is 5.75 Å². The van der Waals surface area contributed by atoms with E-state index in [1.54, 1.807) is 31.2 Å². The molecule has 6 heteroatoms. The second-order valence-corrected chi connectivity index (χ2v) is 7.88. The van der Waals surface area contributed by atoms with E-state index < -0.39 is 17.7 Å². The molecule has 1 aliphatic heterocycles. The lowest BCUT2D eigenvalue weighted by Crippen LogP contribution is -2.30. The molecule has 0 saturated carbocycles. The third-order valence-electron chi connectivity index (χ3n) is 5.01. The molecule has 30 heavy (non-hydrogen) atoms. The van der Waals surface area contributed by atoms with Crippen LogP contribution in [0.4, 0.5) is 5.69 Å². The van der Waals surface area contributed by atoms with Gasteiger partial charge in [0.15, 0.2) is 11.5 Å². The fourth-order valence-corrected chi connectivity index (χ4v) is 4.33. The van der Waals surface area contributed by atoms with E-state index >= 15 is 0 Å². The standard InChI is InChI=1S/C24H21NO4S/c1-2-19(26)21-22(20-9-6-14-30-20)25(24(28)23(21)27)17-10-12-18(13-11-17)29-15-16-7-4-3-5-8-16/h3-14,22,27H,2,15H2,1H3. The summed E-state index contributed by atoms with van der Waals surface area (Å²) in [4.78, 5) is 27.7. The Morgan fingerprint density at radius 2 is 1.80 bits per heavy atom. The average Bonchev–Trinajstić information content (AvgIpc) is 3.40. The van der Waals surface area contributed by atoms with Crippen LogP contribution in [-0.4, -0.2) is 16.8 Å². The van der Waals surface area contributed by atoms with Crippen LogP contribution < -0.4 is 9.64 Å². The van der Waals surface area contributed by atoms with Crippen LogP contribution in [0.5, 0.6) is 5.75 Å². The van der Waals surface area contributed by atoms with Gasteiger partial charge in [0.05, 0.1) is 5.57 Å². The number of thiophene rings is 1. The van der Waals surface area contributed by atoms with E-state index in [2.05, 4.69) is 0 Å². The second-order valence-electron chi connectivity index (χ2n) is 6.90. The zero-order chi connectivity index (χ0) is 21.1. The fraction of sp³-hybridized carbons (Fsp3) is 0.167. The van der Waals surface area contributed by atoms with Crippen LogP contribution in [0.25, 0.3) is 0 Å². The maximum Gasteiger partial charge on any atom is 0.294 e. The van der Waals surface area contributed by atoms with Crippen LogP contribution in [0, 0.1) is 0 Å². The van der Waals surface area contributed by atoms with Crippen molar-refractivity contribution in [1.82, 2.24) is 0 Å². The van der Waals surface area contributed by atoms with Gasteiger partial charge in [-0.2, -0.15) is 0 Å². The zero-order valence-electron chi connectivity index (χ0n) is 16.4. The van der Waals surface area contributed by atoms with Gasteiger partial charge in [0.25, 0.3) is 5.91 Å². The summed E-state index contributed by atoms with van der Waals surface area (Å²) < 4.78 is 5.82. The first-order valence-electron chi connectivity index (χ1n) is 9.70. The van der Waals surface area contributed by atoms with Gasteiger partial charge in [-0.1, -0.05) is 43.3 Å². The number of ketones is 1. The molecule has 0 saturated heterocycles. The SMILES string of the molecule is CCC(=O)C1=C(O)C(=O)N(c2ccc(OCc3ccccc3)cc2)C1c1cccs1. The first-order valence-corrected chi connectivity index (χ1v) is 10.6. The highest BCUT2D eigenvalue weighted by Crippen LogP contribution is 2.43. The van der Waals surface area contributed by atoms with E-state index in [9.17, 15) is 14.7 Å². The van der Waals surface area contributed by atoms with E-state index in [0.717, 1.165) is 10.4 Å². The number of amides is 1. The summed E-state index contributed by atoms with van der Waals surface area (Å²) in [5, 5.41) is 12.4. The molecule has 1 atom stereocenters. The van der Waals surface area contributed by atoms with E-state index in [0.29, 0.717) is 18.0 Å². The van der Waals surface area contributed by atoms with E-state index in [1.807, 2.05) is 47.8 Å². The lowest BCUT2D eigenvalue weighted by Gasteiger charge is -2.25. The minimum atomic E-state index is -0.624. The molecule has 1 amide bonds. The van der Waals surface area contributed by atoms with Gasteiger partial charge in [-0.05, 0) is 41.3 Å². The van der Waals surface area contributed by atoms with Crippen molar-refractivity contribution in [2.45, 2.75) is 26.0 Å². The zero-order valence-corrected chi connectivity index (χ0v) is 17.3. The summed E-state index contributed by atoms with van der Waals surface area (Å²) in [5.74, 6) is -0.596. The van der Waals surface area contributed by atoms with Crippen molar-refractivity contribution in [3.63, 3.8) is 0 Å². The van der Waals surface area contributed by atoms with Crippen LogP contribution in [0.15, 0.2) is 83.4 Å². The Balaban J connectivity index is 1.60. The third kappa shape index (κ3) is 3.74. The monoisotopic (exact) mass is 419 g/mol. The van der Waals surface area contributed by atoms with Gasteiger partial charge in [0, 0.05) is 17.0 Å². The molecule has 0 spiro atoms. The number of rotatable bonds is 7. The van der Waals surface area contributed by atoms with Gasteiger partial charge in [-0.3, -0.25) is 14.5 Å². The number of anilines is 1. The molecule has 3 aromatic rings. The summed E-state index contributed by atoms with van der Waals surface area (Å²) in [5.41, 5.74) is 1.82. The number of benzene rings is 2. The van der Waals surface area contributed by atoms with Crippen LogP contribution >= 0.6 is 11.3 Å². The van der Waals surface area contributed by atoms with Crippen LogP contribution in [0.1, 0.15) is 29.8 Å². The summed E-state index contributed by atoms with van der Waals surface area (Å²) in [7, 11) is 0. The molecule has 0 fully saturated rings. The smallest absolute Gasteiger partial charge is 0.294 e. The van der Waals surface area contributed by atoms with Crippen molar-refractivity contribution < 1.29 is 19.4 Å². The molecule has 0 bridgehead atoms. The molecule has 152 valence electrons. The quantitative estimate of drug-likeness (QED) is 0.571. The summed E-state index contributed by atoms with van der Waals surface area (Å²) in [6.45, 7) is 2.16. The molecular formula is C24H21NO4S. The lowest BCUT2D eigenvalue weighted by atomic mass is 10.00. The first kappa shape index (κ1) is 19.9. The summed E-state index contributed by atoms with van der Waals surface area (Å²) in [6, 6.07) is 20.1. The number of Topliss-reactive ketones (excluding diaryl/α,β-unsaturated/α-hetero) is 1. The van der Waals surface area contributed by atoms with Gasteiger partial charge >= 0.3 is 0 Å². The topological polar surface area (TPSA) is 66.8 Å². The number of nitrogens with zero attached hydrogens (tertiary/aromatic N) is 1. The molecule has 1 aliphatic rings. The minimum absolute atomic E-state index is 0.161. The van der Waals surface area contributed by atoms with Gasteiger partial charge in [-0.25, -0.2) is 0 Å². The molecule has 0 aliphatic carbocycles. The fourth-order valence-electron chi connectivity index (χ4n) is 3.51. The Labute approximate surface area is 178 Å². The highest BCUT2D eigenvalue weighted by Gasteiger charge is 2.44. The molecule has 1 N–H and O–H groups in total. The molecule has 5 nitrogen and oxygen atoms in total. The second kappa shape index (κ2) is 8.55. The van der Waals surface area contributed by atoms with Crippen molar-refractivity contribution in [2.75, 3.05) is 4.90 Å². The Morgan fingerprint density at radius 1 is 1.07 bits per heavy atom. The molecule has 1 unspecified atom stereocenters. The molecule has 2 heterocycles. The van der Waals surface area contributed by atoms with E-state index in [1.165, 1.54) is 16.2 Å². The normalized spacial score (nSPS) is 16.2. The van der Waals surface area contributed by atoms with Crippen molar-refractivity contribution in [3.05, 3.63) is 93.9 Å². The maximum atomic E-state index is 12.9. The Hall–Kier alpha value is -3.38. The third-order valence-corrected chi connectivity index (χ3v) is 5.93. The molecular weight excluding hydrogens is 398 g/mol. The Kier molecular flexibility index (Phi) is 5.68. The number of hydrogen-bond donors (Lipinski definition) is 1. The van der Waals surface area contributed by atoms with E-state index in [-0.39, 0.29) is 17.8 Å². The van der Waals surface area contributed by atoms with Crippen LogP contribution in [0.2, 0.25) is 0 Å². The summed E-state index contributed by atoms with van der Waals surface area (Å²) >= 11 is 1.45. The van der Waals surface area contributed by atoms with Crippen LogP contribution in [0.3, 0.4) is 0 Å². The van der Waals surface area contributed by atoms with Crippen molar-refractivity contribution >= 4 is 28.7 Å². The van der Waals surface area contributed by atoms with Crippen molar-refractivity contribution in [2.24, 2.45) is 0 Å². The minimum Gasteiger partial charge on any atom is -0.503 e. The highest BCUT2D eigenvalue weighted by atomic mass is 32.1. The first-order chi connectivity index (χ1) is 14.6. The molecule has 0 radical (unpaired) electrons. The Bertz CT molecular complexity index is 1070. The number of aliphatic hydroxyl groups excluding tert-OH is 1. The van der Waals surface area contributed by atoms with Crippen molar-refractivity contribution in [1.29, 1.82) is 0 Å². The molecule has 2 aromatic carbocycles. The lowest BCUT2D eigenvalue weighted by molar-refractivity contribution is -0.118. The predicted octanol–water partition coefficient (Wildman–Crippen LogP) is 5.21. The molecule has 1 aromatic heterocycles. The Morgan fingerprint density at radius 3 is 2.43 bits per heavy atom. The number of ether oxygens (including phenoxy) is 1. The van der Waals surface area contributed by atoms with Gasteiger partial charge in [0.2, 0.25) is 0 Å². The number of hydrogen-bond acceptors (Lipinski definition) is 5. The average molecular weight is 420 g/mol. The largest absolute Gasteiger partial charge is 0.503 e. The maximum absolute atomic E-state index is 12.9. The number of carbonyl (C=O) groups is 2.